The molecule has 6 nitrogen and oxygen atoms in total. The van der Waals surface area contributed by atoms with E-state index in [0.29, 0.717) is 12.2 Å². The Kier molecular flexibility index (Phi) is 6.64. The van der Waals surface area contributed by atoms with Crippen LogP contribution in [0.1, 0.15) is 5.69 Å². The van der Waals surface area contributed by atoms with Gasteiger partial charge in [-0.1, -0.05) is 19.6 Å². The Morgan fingerprint density at radius 1 is 1.17 bits per heavy atom. The van der Waals surface area contributed by atoms with Crippen LogP contribution >= 0.6 is 0 Å². The second kappa shape index (κ2) is 8.84. The van der Waals surface area contributed by atoms with E-state index in [-0.39, 0.29) is 12.6 Å². The molecule has 0 atom stereocenters. The van der Waals surface area contributed by atoms with Gasteiger partial charge in [-0.05, 0) is 18.2 Å². The van der Waals surface area contributed by atoms with E-state index >= 15 is 0 Å². The molecule has 2 aromatic rings. The molecule has 0 radical (unpaired) electrons. The molecule has 0 bridgehead atoms. The van der Waals surface area contributed by atoms with Gasteiger partial charge in [0.2, 0.25) is 0 Å². The highest BCUT2D eigenvalue weighted by Gasteiger charge is 2.35. The van der Waals surface area contributed by atoms with E-state index in [9.17, 15) is 13.2 Å². The summed E-state index contributed by atoms with van der Waals surface area (Å²) in [6, 6.07) is 4.55. The normalized spacial score (nSPS) is 15.7. The molecule has 1 aliphatic heterocycles. The Bertz CT molecular complexity index is 796. The number of pyridine rings is 1. The summed E-state index contributed by atoms with van der Waals surface area (Å²) in [5.41, 5.74) is -0.388. The highest BCUT2D eigenvalue weighted by Crippen LogP contribution is 2.31. The largest absolute Gasteiger partial charge is 0.434 e. The number of hydrogen-bond acceptors (Lipinski definition) is 5. The zero-order valence-electron chi connectivity index (χ0n) is 17.1. The van der Waals surface area contributed by atoms with Crippen molar-refractivity contribution in [2.45, 2.75) is 38.6 Å². The molecule has 160 valence electrons. The zero-order chi connectivity index (χ0) is 21.1. The van der Waals surface area contributed by atoms with Gasteiger partial charge >= 0.3 is 6.18 Å². The lowest BCUT2D eigenvalue weighted by atomic mass is 10.2. The summed E-state index contributed by atoms with van der Waals surface area (Å²) >= 11 is 0. The number of ether oxygens (including phenoxy) is 1. The first-order valence-electron chi connectivity index (χ1n) is 9.78. The summed E-state index contributed by atoms with van der Waals surface area (Å²) in [6.45, 7) is 10.7. The van der Waals surface area contributed by atoms with Crippen molar-refractivity contribution in [2.24, 2.45) is 0 Å². The summed E-state index contributed by atoms with van der Waals surface area (Å²) in [6.07, 6.45) is -1.92. The van der Waals surface area contributed by atoms with Crippen molar-refractivity contribution in [3.63, 3.8) is 0 Å². The summed E-state index contributed by atoms with van der Waals surface area (Å²) in [4.78, 5) is 10.4. The molecule has 1 aliphatic rings. The number of rotatable bonds is 7. The maximum atomic E-state index is 13.2. The van der Waals surface area contributed by atoms with Crippen LogP contribution in [0.5, 0.6) is 0 Å². The minimum atomic E-state index is -4.51. The fourth-order valence-electron chi connectivity index (χ4n) is 3.02. The molecule has 10 heteroatoms. The summed E-state index contributed by atoms with van der Waals surface area (Å²) in [7, 11) is -1.27. The molecular weight excluding hydrogens is 399 g/mol. The van der Waals surface area contributed by atoms with E-state index in [1.807, 2.05) is 6.07 Å². The number of imidazole rings is 1. The monoisotopic (exact) mass is 427 g/mol. The van der Waals surface area contributed by atoms with Gasteiger partial charge in [-0.25, -0.2) is 9.97 Å². The highest BCUT2D eigenvalue weighted by atomic mass is 28.3. The van der Waals surface area contributed by atoms with Gasteiger partial charge in [0, 0.05) is 58.8 Å². The molecule has 0 amide bonds. The lowest BCUT2D eigenvalue weighted by Gasteiger charge is -2.28. The van der Waals surface area contributed by atoms with Crippen LogP contribution in [0.15, 0.2) is 24.5 Å². The van der Waals surface area contributed by atoms with Crippen LogP contribution in [-0.4, -0.2) is 55.4 Å². The summed E-state index contributed by atoms with van der Waals surface area (Å²) < 4.78 is 46.7. The van der Waals surface area contributed by atoms with Gasteiger partial charge in [0.15, 0.2) is 5.69 Å². The lowest BCUT2D eigenvalue weighted by Crippen LogP contribution is -2.43. The quantitative estimate of drug-likeness (QED) is 0.540. The van der Waals surface area contributed by atoms with Crippen molar-refractivity contribution in [2.75, 3.05) is 37.7 Å². The van der Waals surface area contributed by atoms with E-state index < -0.39 is 19.9 Å². The third-order valence-electron chi connectivity index (χ3n) is 4.74. The summed E-state index contributed by atoms with van der Waals surface area (Å²) in [5.74, 6) is 1.03. The number of piperazine rings is 1. The van der Waals surface area contributed by atoms with E-state index in [2.05, 4.69) is 39.8 Å². The van der Waals surface area contributed by atoms with Crippen molar-refractivity contribution in [1.82, 2.24) is 19.9 Å². The van der Waals surface area contributed by atoms with E-state index in [1.165, 1.54) is 4.57 Å². The standard InChI is InChI=1S/C19H28F3N5OSi/c1-29(2,3)11-10-28-14-27-13-16(19(20,21)22)25-18(27)15-4-5-17(24-12-15)26-8-6-23-7-9-26/h4-5,12-13,23H,6-11,14H2,1-3H3. The average Bonchev–Trinajstić information content (AvgIpc) is 3.10. The molecule has 0 aromatic carbocycles. The average molecular weight is 428 g/mol. The minimum absolute atomic E-state index is 0.0302. The Balaban J connectivity index is 1.78. The van der Waals surface area contributed by atoms with Crippen LogP contribution < -0.4 is 10.2 Å². The number of nitrogens with one attached hydrogen (secondary N) is 1. The Morgan fingerprint density at radius 2 is 1.90 bits per heavy atom. The molecule has 0 spiro atoms. The third kappa shape index (κ3) is 6.03. The molecule has 0 saturated carbocycles. The van der Waals surface area contributed by atoms with Crippen molar-refractivity contribution < 1.29 is 17.9 Å². The molecule has 0 unspecified atom stereocenters. The minimum Gasteiger partial charge on any atom is -0.361 e. The molecule has 3 heterocycles. The molecule has 1 N–H and O–H groups in total. The maximum absolute atomic E-state index is 13.2. The number of anilines is 1. The van der Waals surface area contributed by atoms with Crippen LogP contribution in [0.4, 0.5) is 19.0 Å². The summed E-state index contributed by atoms with van der Waals surface area (Å²) in [5, 5.41) is 3.28. The van der Waals surface area contributed by atoms with E-state index in [0.717, 1.165) is 44.2 Å². The number of nitrogens with zero attached hydrogens (tertiary/aromatic N) is 4. The van der Waals surface area contributed by atoms with Gasteiger partial charge in [0.1, 0.15) is 18.4 Å². The van der Waals surface area contributed by atoms with Gasteiger partial charge in [-0.15, -0.1) is 0 Å². The zero-order valence-corrected chi connectivity index (χ0v) is 18.1. The first-order valence-corrected chi connectivity index (χ1v) is 13.5. The number of halogens is 3. The van der Waals surface area contributed by atoms with E-state index in [4.69, 9.17) is 4.74 Å². The van der Waals surface area contributed by atoms with Crippen LogP contribution in [0, 0.1) is 0 Å². The van der Waals surface area contributed by atoms with Crippen LogP contribution in [0.2, 0.25) is 25.7 Å². The fourth-order valence-corrected chi connectivity index (χ4v) is 3.78. The topological polar surface area (TPSA) is 55.2 Å². The third-order valence-corrected chi connectivity index (χ3v) is 6.44. The fraction of sp³-hybridized carbons (Fsp3) is 0.579. The SMILES string of the molecule is C[Si](C)(C)CCOCn1cc(C(F)(F)F)nc1-c1ccc(N2CCNCC2)nc1. The van der Waals surface area contributed by atoms with Crippen LogP contribution in [-0.2, 0) is 17.6 Å². The smallest absolute Gasteiger partial charge is 0.361 e. The molecule has 2 aromatic heterocycles. The van der Waals surface area contributed by atoms with Gasteiger partial charge in [-0.3, -0.25) is 0 Å². The molecule has 3 rings (SSSR count). The molecule has 1 saturated heterocycles. The first kappa shape index (κ1) is 21.8. The predicted octanol–water partition coefficient (Wildman–Crippen LogP) is 3.69. The van der Waals surface area contributed by atoms with E-state index in [1.54, 1.807) is 12.3 Å². The van der Waals surface area contributed by atoms with Crippen molar-refractivity contribution in [1.29, 1.82) is 0 Å². The number of hydrogen-bond donors (Lipinski definition) is 1. The molecular formula is C19H28F3N5OSi. The molecule has 1 fully saturated rings. The van der Waals surface area contributed by atoms with Gasteiger partial charge in [0.25, 0.3) is 0 Å². The molecule has 0 aliphatic carbocycles. The van der Waals surface area contributed by atoms with Crippen molar-refractivity contribution >= 4 is 13.9 Å². The Morgan fingerprint density at radius 3 is 2.48 bits per heavy atom. The van der Waals surface area contributed by atoms with Crippen molar-refractivity contribution in [3.05, 3.63) is 30.2 Å². The number of alkyl halides is 3. The first-order chi connectivity index (χ1) is 13.6. The number of aromatic nitrogens is 3. The van der Waals surface area contributed by atoms with Crippen LogP contribution in [0.25, 0.3) is 11.4 Å². The Labute approximate surface area is 170 Å². The Hall–Kier alpha value is -1.91. The van der Waals surface area contributed by atoms with Crippen LogP contribution in [0.3, 0.4) is 0 Å². The van der Waals surface area contributed by atoms with Crippen molar-refractivity contribution in [3.8, 4) is 11.4 Å². The predicted molar refractivity (Wildman–Crippen MR) is 110 cm³/mol. The van der Waals surface area contributed by atoms with Gasteiger partial charge in [0.05, 0.1) is 0 Å². The second-order valence-corrected chi connectivity index (χ2v) is 14.0. The van der Waals surface area contributed by atoms with Gasteiger partial charge in [-0.2, -0.15) is 13.2 Å². The second-order valence-electron chi connectivity index (χ2n) is 8.41. The maximum Gasteiger partial charge on any atom is 0.434 e. The highest BCUT2D eigenvalue weighted by molar-refractivity contribution is 6.76. The lowest BCUT2D eigenvalue weighted by molar-refractivity contribution is -0.141. The van der Waals surface area contributed by atoms with Gasteiger partial charge < -0.3 is 19.5 Å². The molecule has 29 heavy (non-hydrogen) atoms.